The van der Waals surface area contributed by atoms with Gasteiger partial charge in [0.05, 0.1) is 31.2 Å². The number of hydrogen-bond donors (Lipinski definition) is 1. The zero-order valence-electron chi connectivity index (χ0n) is 17.7. The normalized spacial score (nSPS) is 11.0. The molecule has 0 radical (unpaired) electrons. The van der Waals surface area contributed by atoms with Crippen LogP contribution in [0.2, 0.25) is 0 Å². The predicted molar refractivity (Wildman–Crippen MR) is 131 cm³/mol. The molecule has 0 aliphatic carbocycles. The van der Waals surface area contributed by atoms with E-state index in [1.54, 1.807) is 12.1 Å². The van der Waals surface area contributed by atoms with Gasteiger partial charge in [-0.3, -0.25) is 25.0 Å². The number of ether oxygens (including phenoxy) is 1. The smallest absolute Gasteiger partial charge is 0.283 e. The summed E-state index contributed by atoms with van der Waals surface area (Å²) in [4.78, 5) is 38.1. The molecule has 0 saturated carbocycles. The van der Waals surface area contributed by atoms with Crippen molar-refractivity contribution in [3.63, 3.8) is 0 Å². The van der Waals surface area contributed by atoms with Crippen LogP contribution >= 0.6 is 23.1 Å². The fraction of sp³-hybridized carbons (Fsp3) is 0.0455. The lowest BCUT2D eigenvalue weighted by Gasteiger charge is -2.04. The number of nitrogens with zero attached hydrogens (tertiary/aromatic N) is 4. The minimum Gasteiger partial charge on any atom is -0.484 e. The molecular weight excluding hydrogens is 494 g/mol. The van der Waals surface area contributed by atoms with Gasteiger partial charge in [0, 0.05) is 23.8 Å². The molecule has 0 fully saturated rings. The molecule has 0 atom stereocenters. The minimum atomic E-state index is -0.572. The van der Waals surface area contributed by atoms with Crippen LogP contribution < -0.4 is 10.2 Å². The Morgan fingerprint density at radius 2 is 1.86 bits per heavy atom. The number of non-ortho nitro benzene ring substituents is 1. The summed E-state index contributed by atoms with van der Waals surface area (Å²) in [5.74, 6) is -0.288. The average Bonchev–Trinajstić information content (AvgIpc) is 3.26. The van der Waals surface area contributed by atoms with Crippen molar-refractivity contribution >= 4 is 56.8 Å². The first-order chi connectivity index (χ1) is 16.9. The zero-order valence-corrected chi connectivity index (χ0v) is 19.3. The first-order valence-electron chi connectivity index (χ1n) is 9.90. The van der Waals surface area contributed by atoms with E-state index in [1.807, 2.05) is 24.3 Å². The lowest BCUT2D eigenvalue weighted by Crippen LogP contribution is -2.24. The molecule has 11 nitrogen and oxygen atoms in total. The van der Waals surface area contributed by atoms with Crippen molar-refractivity contribution in [2.24, 2.45) is 5.10 Å². The Morgan fingerprint density at radius 1 is 1.09 bits per heavy atom. The molecule has 1 amide bonds. The van der Waals surface area contributed by atoms with Crippen molar-refractivity contribution in [2.45, 2.75) is 9.24 Å². The van der Waals surface area contributed by atoms with Gasteiger partial charge in [-0.05, 0) is 30.3 Å². The highest BCUT2D eigenvalue weighted by atomic mass is 32.2. The number of rotatable bonds is 9. The Hall–Kier alpha value is -4.36. The van der Waals surface area contributed by atoms with Crippen LogP contribution in [0, 0.1) is 20.2 Å². The van der Waals surface area contributed by atoms with Crippen LogP contribution in [0.25, 0.3) is 10.2 Å². The number of thiazole rings is 1. The fourth-order valence-corrected chi connectivity index (χ4v) is 4.97. The SMILES string of the molecule is O=C(COc1ccc([N+](=O)[O-])cc1)NN=Cc1ccc(Sc2nc3ccccc3s2)c([N+](=O)[O-])c1. The highest BCUT2D eigenvalue weighted by molar-refractivity contribution is 8.01. The van der Waals surface area contributed by atoms with E-state index in [2.05, 4.69) is 15.5 Å². The Labute approximate surface area is 205 Å². The molecular formula is C22H15N5O6S2. The number of carbonyl (C=O) groups excluding carboxylic acids is 1. The largest absolute Gasteiger partial charge is 0.484 e. The second-order valence-electron chi connectivity index (χ2n) is 6.87. The summed E-state index contributed by atoms with van der Waals surface area (Å²) in [6.07, 6.45) is 1.28. The van der Waals surface area contributed by atoms with Crippen LogP contribution in [0.4, 0.5) is 11.4 Å². The van der Waals surface area contributed by atoms with E-state index in [0.717, 1.165) is 10.2 Å². The molecule has 4 rings (SSSR count). The third-order valence-electron chi connectivity index (χ3n) is 4.47. The second kappa shape index (κ2) is 10.7. The molecule has 1 heterocycles. The number of carbonyl (C=O) groups is 1. The van der Waals surface area contributed by atoms with Crippen molar-refractivity contribution in [2.75, 3.05) is 6.61 Å². The van der Waals surface area contributed by atoms with Crippen molar-refractivity contribution in [1.82, 2.24) is 10.4 Å². The number of nitrogens with one attached hydrogen (secondary N) is 1. The molecule has 35 heavy (non-hydrogen) atoms. The molecule has 1 N–H and O–H groups in total. The fourth-order valence-electron chi connectivity index (χ4n) is 2.86. The van der Waals surface area contributed by atoms with Crippen LogP contribution in [-0.4, -0.2) is 33.6 Å². The molecule has 3 aromatic carbocycles. The highest BCUT2D eigenvalue weighted by Crippen LogP contribution is 2.38. The van der Waals surface area contributed by atoms with Gasteiger partial charge in [0.25, 0.3) is 17.3 Å². The third kappa shape index (κ3) is 6.16. The first-order valence-corrected chi connectivity index (χ1v) is 11.5. The maximum absolute atomic E-state index is 11.9. The van der Waals surface area contributed by atoms with Crippen LogP contribution in [0.1, 0.15) is 5.56 Å². The Balaban J connectivity index is 1.36. The number of aromatic nitrogens is 1. The molecule has 0 aliphatic rings. The van der Waals surface area contributed by atoms with E-state index in [1.165, 1.54) is 59.6 Å². The van der Waals surface area contributed by atoms with Crippen LogP contribution in [0.5, 0.6) is 5.75 Å². The summed E-state index contributed by atoms with van der Waals surface area (Å²) in [6, 6.07) is 17.5. The van der Waals surface area contributed by atoms with Crippen LogP contribution in [0.3, 0.4) is 0 Å². The lowest BCUT2D eigenvalue weighted by atomic mass is 10.2. The Bertz CT molecular complexity index is 1410. The zero-order chi connectivity index (χ0) is 24.8. The highest BCUT2D eigenvalue weighted by Gasteiger charge is 2.17. The monoisotopic (exact) mass is 509 g/mol. The van der Waals surface area contributed by atoms with Gasteiger partial charge < -0.3 is 4.74 Å². The number of benzene rings is 3. The van der Waals surface area contributed by atoms with Gasteiger partial charge in [0.2, 0.25) is 0 Å². The average molecular weight is 510 g/mol. The second-order valence-corrected chi connectivity index (χ2v) is 9.19. The van der Waals surface area contributed by atoms with Gasteiger partial charge in [-0.2, -0.15) is 5.10 Å². The number of hydrogen-bond acceptors (Lipinski definition) is 10. The lowest BCUT2D eigenvalue weighted by molar-refractivity contribution is -0.387. The molecule has 0 saturated heterocycles. The quantitative estimate of drug-likeness (QED) is 0.192. The predicted octanol–water partition coefficient (Wildman–Crippen LogP) is 4.79. The first kappa shape index (κ1) is 23.8. The molecule has 0 unspecified atom stereocenters. The standard InChI is InChI=1S/C22H15N5O6S2/c28-21(13-33-16-8-6-15(7-9-16)26(29)30)25-23-12-14-5-10-20(18(11-14)27(31)32)35-22-24-17-3-1-2-4-19(17)34-22/h1-12H,13H2,(H,25,28). The molecule has 1 aromatic heterocycles. The summed E-state index contributed by atoms with van der Waals surface area (Å²) in [6.45, 7) is -0.368. The molecule has 176 valence electrons. The minimum absolute atomic E-state index is 0.0926. The van der Waals surface area contributed by atoms with E-state index < -0.39 is 15.8 Å². The number of fused-ring (bicyclic) bond motifs is 1. The number of nitro groups is 2. The number of nitro benzene ring substituents is 2. The summed E-state index contributed by atoms with van der Waals surface area (Å²) < 4.78 is 6.93. The van der Waals surface area contributed by atoms with E-state index in [4.69, 9.17) is 4.74 Å². The van der Waals surface area contributed by atoms with Gasteiger partial charge in [-0.1, -0.05) is 30.0 Å². The number of para-hydroxylation sites is 1. The van der Waals surface area contributed by atoms with Crippen LogP contribution in [-0.2, 0) is 4.79 Å². The number of hydrazone groups is 1. The van der Waals surface area contributed by atoms with E-state index >= 15 is 0 Å². The van der Waals surface area contributed by atoms with Gasteiger partial charge in [-0.15, -0.1) is 11.3 Å². The van der Waals surface area contributed by atoms with E-state index in [9.17, 15) is 25.0 Å². The summed E-state index contributed by atoms with van der Waals surface area (Å²) >= 11 is 2.66. The summed E-state index contributed by atoms with van der Waals surface area (Å²) in [7, 11) is 0. The maximum Gasteiger partial charge on any atom is 0.283 e. The van der Waals surface area contributed by atoms with Crippen LogP contribution in [0.15, 0.2) is 81.1 Å². The Kier molecular flexibility index (Phi) is 7.28. The van der Waals surface area contributed by atoms with Crippen molar-refractivity contribution in [3.8, 4) is 5.75 Å². The third-order valence-corrected chi connectivity index (χ3v) is 6.63. The van der Waals surface area contributed by atoms with Gasteiger partial charge >= 0.3 is 0 Å². The molecule has 0 aliphatic heterocycles. The summed E-state index contributed by atoms with van der Waals surface area (Å²) in [5.41, 5.74) is 3.32. The topological polar surface area (TPSA) is 150 Å². The van der Waals surface area contributed by atoms with Gasteiger partial charge in [-0.25, -0.2) is 10.4 Å². The summed E-state index contributed by atoms with van der Waals surface area (Å²) in [5, 5.41) is 26.1. The number of amides is 1. The van der Waals surface area contributed by atoms with E-state index in [0.29, 0.717) is 14.8 Å². The van der Waals surface area contributed by atoms with Crippen molar-refractivity contribution in [3.05, 3.63) is 92.5 Å². The van der Waals surface area contributed by atoms with Crippen molar-refractivity contribution in [1.29, 1.82) is 0 Å². The molecule has 4 aromatic rings. The van der Waals surface area contributed by atoms with Crippen molar-refractivity contribution < 1.29 is 19.4 Å². The van der Waals surface area contributed by atoms with Gasteiger partial charge in [0.15, 0.2) is 10.9 Å². The molecule has 0 spiro atoms. The Morgan fingerprint density at radius 3 is 2.57 bits per heavy atom. The van der Waals surface area contributed by atoms with E-state index in [-0.39, 0.29) is 23.7 Å². The molecule has 13 heteroatoms. The molecule has 0 bridgehead atoms. The maximum atomic E-state index is 11.9. The van der Waals surface area contributed by atoms with Gasteiger partial charge in [0.1, 0.15) is 5.75 Å².